The molecule has 4 nitrogen and oxygen atoms in total. The molecule has 0 bridgehead atoms. The van der Waals surface area contributed by atoms with E-state index in [0.29, 0.717) is 5.92 Å². The zero-order valence-electron chi connectivity index (χ0n) is 12.7. The smallest absolute Gasteiger partial charge is 0.119 e. The Labute approximate surface area is 121 Å². The van der Waals surface area contributed by atoms with Crippen LogP contribution in [0, 0.1) is 5.92 Å². The summed E-state index contributed by atoms with van der Waals surface area (Å²) in [6.45, 7) is 0.924. The first kappa shape index (κ1) is 17.0. The minimum absolute atomic E-state index is 0. The molecule has 1 fully saturated rings. The molecular formula is C16H27NO3. The largest absolute Gasteiger partial charge is 0.497 e. The van der Waals surface area contributed by atoms with Crippen LogP contribution in [0.2, 0.25) is 0 Å². The topological polar surface area (TPSA) is 64.2 Å². The minimum atomic E-state index is -0.711. The van der Waals surface area contributed by atoms with Crippen molar-refractivity contribution in [1.82, 2.24) is 4.90 Å². The van der Waals surface area contributed by atoms with Gasteiger partial charge in [0, 0.05) is 12.5 Å². The van der Waals surface area contributed by atoms with E-state index in [0.717, 1.165) is 37.1 Å². The fraction of sp³-hybridized carbons (Fsp3) is 0.625. The fourth-order valence-electron chi connectivity index (χ4n) is 3.18. The highest BCUT2D eigenvalue weighted by molar-refractivity contribution is 5.33. The molecule has 2 atom stereocenters. The van der Waals surface area contributed by atoms with Gasteiger partial charge < -0.3 is 20.2 Å². The van der Waals surface area contributed by atoms with Crippen LogP contribution in [0.4, 0.5) is 0 Å². The molecule has 1 aliphatic carbocycles. The third kappa shape index (κ3) is 3.51. The number of hydrogen-bond donors (Lipinski definition) is 1. The normalized spacial score (nSPS) is 26.1. The Balaban J connectivity index is 0.00000200. The molecule has 114 valence electrons. The number of rotatable bonds is 4. The van der Waals surface area contributed by atoms with Gasteiger partial charge in [0.2, 0.25) is 0 Å². The van der Waals surface area contributed by atoms with Gasteiger partial charge in [-0.1, -0.05) is 25.0 Å². The Hall–Kier alpha value is -1.10. The average Bonchev–Trinajstić information content (AvgIpc) is 2.41. The van der Waals surface area contributed by atoms with E-state index >= 15 is 0 Å². The predicted molar refractivity (Wildman–Crippen MR) is 81.0 cm³/mol. The van der Waals surface area contributed by atoms with Crippen LogP contribution in [-0.2, 0) is 5.60 Å². The molecule has 1 aromatic rings. The van der Waals surface area contributed by atoms with E-state index in [1.54, 1.807) is 7.11 Å². The van der Waals surface area contributed by atoms with Gasteiger partial charge in [0.25, 0.3) is 0 Å². The molecule has 0 amide bonds. The molecule has 0 radical (unpaired) electrons. The number of benzene rings is 1. The van der Waals surface area contributed by atoms with E-state index in [9.17, 15) is 5.11 Å². The summed E-state index contributed by atoms with van der Waals surface area (Å²) in [5.41, 5.74) is 0.287. The van der Waals surface area contributed by atoms with E-state index in [2.05, 4.69) is 19.0 Å². The molecule has 0 aromatic heterocycles. The van der Waals surface area contributed by atoms with Crippen LogP contribution in [0.5, 0.6) is 5.75 Å². The number of ether oxygens (including phenoxy) is 1. The summed E-state index contributed by atoms with van der Waals surface area (Å²) in [6, 6.07) is 7.90. The minimum Gasteiger partial charge on any atom is -0.497 e. The van der Waals surface area contributed by atoms with Gasteiger partial charge in [0.15, 0.2) is 0 Å². The van der Waals surface area contributed by atoms with Crippen LogP contribution in [0.1, 0.15) is 31.2 Å². The fourth-order valence-corrected chi connectivity index (χ4v) is 3.18. The number of hydrogen-bond acceptors (Lipinski definition) is 3. The molecule has 3 N–H and O–H groups in total. The first-order valence-electron chi connectivity index (χ1n) is 7.08. The lowest BCUT2D eigenvalue weighted by Crippen LogP contribution is -2.43. The molecule has 0 aliphatic heterocycles. The van der Waals surface area contributed by atoms with Crippen LogP contribution in [0.25, 0.3) is 0 Å². The molecule has 4 heteroatoms. The second-order valence-electron chi connectivity index (χ2n) is 5.86. The molecule has 0 heterocycles. The zero-order valence-corrected chi connectivity index (χ0v) is 12.7. The van der Waals surface area contributed by atoms with Crippen LogP contribution >= 0.6 is 0 Å². The van der Waals surface area contributed by atoms with Gasteiger partial charge in [0.1, 0.15) is 5.75 Å². The van der Waals surface area contributed by atoms with Crippen LogP contribution in [0.3, 0.4) is 0 Å². The van der Waals surface area contributed by atoms with Crippen molar-refractivity contribution in [2.45, 2.75) is 31.3 Å². The van der Waals surface area contributed by atoms with Crippen molar-refractivity contribution in [3.63, 3.8) is 0 Å². The van der Waals surface area contributed by atoms with Gasteiger partial charge >= 0.3 is 0 Å². The van der Waals surface area contributed by atoms with Gasteiger partial charge in [-0.3, -0.25) is 0 Å². The summed E-state index contributed by atoms with van der Waals surface area (Å²) < 4.78 is 5.29. The van der Waals surface area contributed by atoms with Gasteiger partial charge in [0.05, 0.1) is 12.7 Å². The number of methoxy groups -OCH3 is 1. The van der Waals surface area contributed by atoms with E-state index in [1.165, 1.54) is 6.42 Å². The third-order valence-corrected chi connectivity index (χ3v) is 4.19. The molecule has 1 aromatic carbocycles. The van der Waals surface area contributed by atoms with Gasteiger partial charge in [-0.2, -0.15) is 0 Å². The molecule has 2 rings (SSSR count). The molecule has 1 saturated carbocycles. The summed E-state index contributed by atoms with van der Waals surface area (Å²) in [4.78, 5) is 2.17. The molecular weight excluding hydrogens is 254 g/mol. The standard InChI is InChI=1S/C16H25NO2.H2O/c1-17(2)12-14-7-4-5-10-16(14,18)13-8-6-9-15(11-13)19-3;/h6,8-9,11,14,18H,4-5,7,10,12H2,1-3H3;1H2. The Kier molecular flexibility index (Phi) is 5.99. The Bertz CT molecular complexity index is 422. The van der Waals surface area contributed by atoms with E-state index in [1.807, 2.05) is 24.3 Å². The van der Waals surface area contributed by atoms with Gasteiger partial charge in [-0.15, -0.1) is 0 Å². The highest BCUT2D eigenvalue weighted by atomic mass is 16.5. The van der Waals surface area contributed by atoms with Crippen molar-refractivity contribution in [3.05, 3.63) is 29.8 Å². The summed E-state index contributed by atoms with van der Waals surface area (Å²) in [6.07, 6.45) is 4.24. The maximum Gasteiger partial charge on any atom is 0.119 e. The number of nitrogens with zero attached hydrogens (tertiary/aromatic N) is 1. The van der Waals surface area contributed by atoms with Crippen molar-refractivity contribution in [3.8, 4) is 5.75 Å². The van der Waals surface area contributed by atoms with Crippen molar-refractivity contribution in [1.29, 1.82) is 0 Å². The van der Waals surface area contributed by atoms with E-state index in [4.69, 9.17) is 4.74 Å². The van der Waals surface area contributed by atoms with Gasteiger partial charge in [-0.25, -0.2) is 0 Å². The first-order chi connectivity index (χ1) is 9.06. The monoisotopic (exact) mass is 281 g/mol. The Morgan fingerprint density at radius 3 is 2.75 bits per heavy atom. The summed E-state index contributed by atoms with van der Waals surface area (Å²) in [5.74, 6) is 1.11. The van der Waals surface area contributed by atoms with Crippen molar-refractivity contribution in [2.24, 2.45) is 5.92 Å². The molecule has 1 aliphatic rings. The summed E-state index contributed by atoms with van der Waals surface area (Å²) in [7, 11) is 5.81. The average molecular weight is 281 g/mol. The van der Waals surface area contributed by atoms with Gasteiger partial charge in [-0.05, 0) is 44.6 Å². The van der Waals surface area contributed by atoms with E-state index < -0.39 is 5.60 Å². The SMILES string of the molecule is COc1cccc(C2(O)CCCCC2CN(C)C)c1.O. The lowest BCUT2D eigenvalue weighted by Gasteiger charge is -2.41. The molecule has 20 heavy (non-hydrogen) atoms. The lowest BCUT2D eigenvalue weighted by molar-refractivity contribution is -0.0619. The zero-order chi connectivity index (χ0) is 13.9. The number of aliphatic hydroxyl groups is 1. The highest BCUT2D eigenvalue weighted by Crippen LogP contribution is 2.42. The second-order valence-corrected chi connectivity index (χ2v) is 5.86. The molecule has 2 unspecified atom stereocenters. The van der Waals surface area contributed by atoms with E-state index in [-0.39, 0.29) is 5.48 Å². The van der Waals surface area contributed by atoms with Crippen molar-refractivity contribution in [2.75, 3.05) is 27.7 Å². The summed E-state index contributed by atoms with van der Waals surface area (Å²) >= 11 is 0. The van der Waals surface area contributed by atoms with Crippen LogP contribution in [-0.4, -0.2) is 43.2 Å². The third-order valence-electron chi connectivity index (χ3n) is 4.19. The lowest BCUT2D eigenvalue weighted by atomic mass is 9.71. The first-order valence-corrected chi connectivity index (χ1v) is 7.08. The summed E-state index contributed by atoms with van der Waals surface area (Å²) in [5, 5.41) is 11.2. The van der Waals surface area contributed by atoms with Crippen molar-refractivity contribution < 1.29 is 15.3 Å². The second kappa shape index (κ2) is 7.07. The predicted octanol–water partition coefficient (Wildman–Crippen LogP) is 1.81. The quantitative estimate of drug-likeness (QED) is 0.915. The van der Waals surface area contributed by atoms with Crippen LogP contribution in [0.15, 0.2) is 24.3 Å². The maximum absolute atomic E-state index is 11.2. The highest BCUT2D eigenvalue weighted by Gasteiger charge is 2.40. The Morgan fingerprint density at radius 1 is 1.35 bits per heavy atom. The molecule has 0 spiro atoms. The maximum atomic E-state index is 11.2. The van der Waals surface area contributed by atoms with Crippen LogP contribution < -0.4 is 4.74 Å². The van der Waals surface area contributed by atoms with Crippen molar-refractivity contribution >= 4 is 0 Å². The Morgan fingerprint density at radius 2 is 2.10 bits per heavy atom. The molecule has 0 saturated heterocycles.